The number of anilines is 1. The molecule has 1 atom stereocenters. The molecule has 0 bridgehead atoms. The first kappa shape index (κ1) is 12.1. The highest BCUT2D eigenvalue weighted by atomic mass is 19.1. The van der Waals surface area contributed by atoms with Crippen molar-refractivity contribution in [2.45, 2.75) is 18.9 Å². The minimum Gasteiger partial charge on any atom is -0.376 e. The summed E-state index contributed by atoms with van der Waals surface area (Å²) in [6.45, 7) is 0. The van der Waals surface area contributed by atoms with Crippen LogP contribution < -0.4 is 5.32 Å². The van der Waals surface area contributed by atoms with Crippen LogP contribution in [0.4, 0.5) is 18.9 Å². The Hall–Kier alpha value is -1.97. The molecular weight excluding hydrogens is 251 g/mol. The monoisotopic (exact) mass is 263 g/mol. The third-order valence-corrected chi connectivity index (χ3v) is 3.47. The van der Waals surface area contributed by atoms with E-state index in [-0.39, 0.29) is 17.5 Å². The summed E-state index contributed by atoms with van der Waals surface area (Å²) in [5.41, 5.74) is 1.60. The summed E-state index contributed by atoms with van der Waals surface area (Å²) in [7, 11) is 0. The van der Waals surface area contributed by atoms with Crippen LogP contribution >= 0.6 is 0 Å². The standard InChI is InChI=1S/C15H12F3N/c16-9-4-6-13(18)15(8-9)19-14-7-5-10-11(14)2-1-3-12(10)17/h1-4,6,8,14,19H,5,7H2. The van der Waals surface area contributed by atoms with E-state index in [0.717, 1.165) is 23.8 Å². The molecule has 4 heteroatoms. The van der Waals surface area contributed by atoms with Crippen LogP contribution in [0, 0.1) is 17.5 Å². The predicted molar refractivity (Wildman–Crippen MR) is 67.4 cm³/mol. The van der Waals surface area contributed by atoms with Gasteiger partial charge in [-0.15, -0.1) is 0 Å². The molecule has 1 aliphatic carbocycles. The molecule has 1 aliphatic rings. The van der Waals surface area contributed by atoms with Crippen molar-refractivity contribution in [2.75, 3.05) is 5.32 Å². The van der Waals surface area contributed by atoms with Gasteiger partial charge in [0.05, 0.1) is 11.7 Å². The second-order valence-electron chi connectivity index (χ2n) is 4.67. The van der Waals surface area contributed by atoms with E-state index in [1.807, 2.05) is 6.07 Å². The number of fused-ring (bicyclic) bond motifs is 1. The Morgan fingerprint density at radius 2 is 1.84 bits per heavy atom. The SMILES string of the molecule is Fc1ccc(F)c(NC2CCc3c(F)cccc32)c1. The maximum Gasteiger partial charge on any atom is 0.146 e. The van der Waals surface area contributed by atoms with E-state index in [2.05, 4.69) is 5.32 Å². The average Bonchev–Trinajstić information content (AvgIpc) is 2.79. The predicted octanol–water partition coefficient (Wildman–Crippen LogP) is 4.20. The van der Waals surface area contributed by atoms with Crippen molar-refractivity contribution in [3.8, 4) is 0 Å². The summed E-state index contributed by atoms with van der Waals surface area (Å²) in [4.78, 5) is 0. The zero-order valence-electron chi connectivity index (χ0n) is 10.1. The molecule has 0 aromatic heterocycles. The van der Waals surface area contributed by atoms with Gasteiger partial charge in [0.25, 0.3) is 0 Å². The van der Waals surface area contributed by atoms with Crippen molar-refractivity contribution in [3.05, 3.63) is 65.0 Å². The fraction of sp³-hybridized carbons (Fsp3) is 0.200. The van der Waals surface area contributed by atoms with Gasteiger partial charge >= 0.3 is 0 Å². The van der Waals surface area contributed by atoms with Crippen LogP contribution in [0.5, 0.6) is 0 Å². The fourth-order valence-electron chi connectivity index (χ4n) is 2.56. The van der Waals surface area contributed by atoms with Crippen LogP contribution in [-0.2, 0) is 6.42 Å². The molecule has 0 aliphatic heterocycles. The molecule has 19 heavy (non-hydrogen) atoms. The van der Waals surface area contributed by atoms with E-state index >= 15 is 0 Å². The molecular formula is C15H12F3N. The van der Waals surface area contributed by atoms with Crippen molar-refractivity contribution in [1.82, 2.24) is 0 Å². The summed E-state index contributed by atoms with van der Waals surface area (Å²) in [5, 5.41) is 2.95. The summed E-state index contributed by atoms with van der Waals surface area (Å²) < 4.78 is 40.3. The highest BCUT2D eigenvalue weighted by Crippen LogP contribution is 2.35. The van der Waals surface area contributed by atoms with Gasteiger partial charge in [0, 0.05) is 0 Å². The highest BCUT2D eigenvalue weighted by molar-refractivity contribution is 5.49. The van der Waals surface area contributed by atoms with E-state index < -0.39 is 11.6 Å². The van der Waals surface area contributed by atoms with Gasteiger partial charge in [-0.05, 0) is 48.2 Å². The second kappa shape index (κ2) is 4.61. The molecule has 98 valence electrons. The van der Waals surface area contributed by atoms with E-state index in [0.29, 0.717) is 18.4 Å². The van der Waals surface area contributed by atoms with Crippen molar-refractivity contribution in [1.29, 1.82) is 0 Å². The van der Waals surface area contributed by atoms with Crippen LogP contribution in [0.1, 0.15) is 23.6 Å². The Balaban J connectivity index is 1.91. The Morgan fingerprint density at radius 3 is 2.68 bits per heavy atom. The summed E-state index contributed by atoms with van der Waals surface area (Å²) >= 11 is 0. The van der Waals surface area contributed by atoms with Crippen molar-refractivity contribution in [2.24, 2.45) is 0 Å². The molecule has 2 aromatic carbocycles. The van der Waals surface area contributed by atoms with Gasteiger partial charge in [0.15, 0.2) is 0 Å². The normalized spacial score (nSPS) is 17.3. The van der Waals surface area contributed by atoms with E-state index in [9.17, 15) is 13.2 Å². The zero-order chi connectivity index (χ0) is 13.4. The molecule has 0 radical (unpaired) electrons. The zero-order valence-corrected chi connectivity index (χ0v) is 10.1. The third kappa shape index (κ3) is 2.18. The Bertz CT molecular complexity index is 625. The van der Waals surface area contributed by atoms with Crippen molar-refractivity contribution >= 4 is 5.69 Å². The van der Waals surface area contributed by atoms with Gasteiger partial charge < -0.3 is 5.32 Å². The van der Waals surface area contributed by atoms with Gasteiger partial charge in [-0.25, -0.2) is 13.2 Å². The molecule has 1 N–H and O–H groups in total. The molecule has 1 unspecified atom stereocenters. The fourth-order valence-corrected chi connectivity index (χ4v) is 2.56. The molecule has 0 saturated carbocycles. The lowest BCUT2D eigenvalue weighted by molar-refractivity contribution is 0.599. The minimum atomic E-state index is -0.508. The molecule has 0 spiro atoms. The van der Waals surface area contributed by atoms with Gasteiger partial charge in [-0.3, -0.25) is 0 Å². The summed E-state index contributed by atoms with van der Waals surface area (Å²) in [5.74, 6) is -1.24. The number of hydrogen-bond acceptors (Lipinski definition) is 1. The van der Waals surface area contributed by atoms with Crippen LogP contribution in [0.15, 0.2) is 36.4 Å². The maximum absolute atomic E-state index is 13.6. The topological polar surface area (TPSA) is 12.0 Å². The lowest BCUT2D eigenvalue weighted by atomic mass is 10.1. The first-order valence-electron chi connectivity index (χ1n) is 6.14. The average molecular weight is 263 g/mol. The Morgan fingerprint density at radius 1 is 1.00 bits per heavy atom. The second-order valence-corrected chi connectivity index (χ2v) is 4.67. The molecule has 1 nitrogen and oxygen atoms in total. The van der Waals surface area contributed by atoms with Gasteiger partial charge in [0.2, 0.25) is 0 Å². The molecule has 2 aromatic rings. The summed E-state index contributed by atoms with van der Waals surface area (Å²) in [6.07, 6.45) is 1.28. The van der Waals surface area contributed by atoms with Crippen LogP contribution in [0.25, 0.3) is 0 Å². The van der Waals surface area contributed by atoms with Crippen molar-refractivity contribution in [3.63, 3.8) is 0 Å². The Labute approximate surface area is 109 Å². The number of halogens is 3. The van der Waals surface area contributed by atoms with E-state index in [1.54, 1.807) is 6.07 Å². The molecule has 0 heterocycles. The Kier molecular flexibility index (Phi) is 2.93. The number of rotatable bonds is 2. The lowest BCUT2D eigenvalue weighted by Crippen LogP contribution is -2.08. The van der Waals surface area contributed by atoms with Crippen LogP contribution in [-0.4, -0.2) is 0 Å². The van der Waals surface area contributed by atoms with E-state index in [4.69, 9.17) is 0 Å². The minimum absolute atomic E-state index is 0.113. The lowest BCUT2D eigenvalue weighted by Gasteiger charge is -2.16. The molecule has 0 fully saturated rings. The van der Waals surface area contributed by atoms with E-state index in [1.165, 1.54) is 6.07 Å². The van der Waals surface area contributed by atoms with Gasteiger partial charge in [-0.1, -0.05) is 12.1 Å². The smallest absolute Gasteiger partial charge is 0.146 e. The first-order valence-corrected chi connectivity index (χ1v) is 6.14. The van der Waals surface area contributed by atoms with Crippen LogP contribution in [0.2, 0.25) is 0 Å². The van der Waals surface area contributed by atoms with Gasteiger partial charge in [0.1, 0.15) is 17.5 Å². The first-order chi connectivity index (χ1) is 9.15. The molecule has 0 amide bonds. The number of hydrogen-bond donors (Lipinski definition) is 1. The number of nitrogens with one attached hydrogen (secondary N) is 1. The largest absolute Gasteiger partial charge is 0.376 e. The van der Waals surface area contributed by atoms with Gasteiger partial charge in [-0.2, -0.15) is 0 Å². The highest BCUT2D eigenvalue weighted by Gasteiger charge is 2.25. The number of benzene rings is 2. The maximum atomic E-state index is 13.6. The van der Waals surface area contributed by atoms with Crippen LogP contribution in [0.3, 0.4) is 0 Å². The van der Waals surface area contributed by atoms with Crippen molar-refractivity contribution < 1.29 is 13.2 Å². The summed E-state index contributed by atoms with van der Waals surface area (Å²) in [6, 6.07) is 7.97. The quantitative estimate of drug-likeness (QED) is 0.856. The molecule has 0 saturated heterocycles. The third-order valence-electron chi connectivity index (χ3n) is 3.47. The molecule has 3 rings (SSSR count).